The first-order valence-electron chi connectivity index (χ1n) is 13.0. The molecule has 0 saturated carbocycles. The molecule has 0 saturated heterocycles. The Kier molecular flexibility index (Phi) is 6.13. The molecule has 0 spiro atoms. The fourth-order valence-corrected chi connectivity index (χ4v) is 6.76. The average molecular weight is 538 g/mol. The molecule has 0 unspecified atom stereocenters. The van der Waals surface area contributed by atoms with Gasteiger partial charge >= 0.3 is 0 Å². The van der Waals surface area contributed by atoms with Gasteiger partial charge in [-0.15, -0.1) is 11.3 Å². The average Bonchev–Trinajstić information content (AvgIpc) is 3.49. The second-order valence-corrected chi connectivity index (χ2v) is 11.0. The van der Waals surface area contributed by atoms with E-state index in [9.17, 15) is 0 Å². The molecule has 0 radical (unpaired) electrons. The number of halogens is 1. The van der Waals surface area contributed by atoms with Crippen LogP contribution >= 0.6 is 22.9 Å². The number of fused-ring (bicyclic) bond motifs is 2. The predicted molar refractivity (Wildman–Crippen MR) is 170 cm³/mol. The minimum Gasteiger partial charge on any atom is -0.311 e. The van der Waals surface area contributed by atoms with Gasteiger partial charge in [-0.25, -0.2) is 0 Å². The summed E-state index contributed by atoms with van der Waals surface area (Å²) in [5.41, 5.74) is 5.85. The maximum Gasteiger partial charge on any atom is 0.0563 e. The Bertz CT molecular complexity index is 1810. The SMILES string of the molecule is Clc1c2ccccc2c(-c2ccc(-c3ccc(N(c4ccccc4)c4ccccc4)cc3)s2)c2ccccc12. The highest BCUT2D eigenvalue weighted by molar-refractivity contribution is 7.19. The number of rotatable bonds is 5. The molecule has 0 bridgehead atoms. The van der Waals surface area contributed by atoms with Gasteiger partial charge in [0, 0.05) is 43.2 Å². The maximum absolute atomic E-state index is 6.86. The fourth-order valence-electron chi connectivity index (χ4n) is 5.34. The summed E-state index contributed by atoms with van der Waals surface area (Å²) in [4.78, 5) is 4.77. The van der Waals surface area contributed by atoms with Crippen LogP contribution in [0.2, 0.25) is 5.02 Å². The molecule has 186 valence electrons. The minimum atomic E-state index is 0.818. The van der Waals surface area contributed by atoms with Crippen LogP contribution in [0.25, 0.3) is 42.4 Å². The smallest absolute Gasteiger partial charge is 0.0563 e. The Morgan fingerprint density at radius 2 is 0.846 bits per heavy atom. The van der Waals surface area contributed by atoms with Crippen LogP contribution in [0.1, 0.15) is 0 Å². The van der Waals surface area contributed by atoms with E-state index < -0.39 is 0 Å². The zero-order chi connectivity index (χ0) is 26.2. The molecule has 0 aliphatic carbocycles. The van der Waals surface area contributed by atoms with Crippen molar-refractivity contribution in [2.24, 2.45) is 0 Å². The molecule has 0 fully saturated rings. The zero-order valence-corrected chi connectivity index (χ0v) is 22.7. The molecular weight excluding hydrogens is 514 g/mol. The van der Waals surface area contributed by atoms with Crippen molar-refractivity contribution in [2.75, 3.05) is 4.90 Å². The fraction of sp³-hybridized carbons (Fsp3) is 0. The van der Waals surface area contributed by atoms with Gasteiger partial charge in [0.05, 0.1) is 5.02 Å². The topological polar surface area (TPSA) is 3.24 Å². The summed E-state index contributed by atoms with van der Waals surface area (Å²) in [5, 5.41) is 5.37. The Hall–Kier alpha value is -4.37. The second kappa shape index (κ2) is 10.1. The van der Waals surface area contributed by atoms with E-state index in [2.05, 4.69) is 150 Å². The van der Waals surface area contributed by atoms with Crippen LogP contribution in [-0.4, -0.2) is 0 Å². The molecule has 0 aliphatic heterocycles. The van der Waals surface area contributed by atoms with E-state index in [-0.39, 0.29) is 0 Å². The van der Waals surface area contributed by atoms with Crippen molar-refractivity contribution in [3.05, 3.63) is 151 Å². The van der Waals surface area contributed by atoms with Crippen LogP contribution in [0.5, 0.6) is 0 Å². The zero-order valence-electron chi connectivity index (χ0n) is 21.1. The third-order valence-corrected chi connectivity index (χ3v) is 8.72. The number of nitrogens with zero attached hydrogens (tertiary/aromatic N) is 1. The van der Waals surface area contributed by atoms with E-state index in [0.717, 1.165) is 32.9 Å². The number of para-hydroxylation sites is 2. The van der Waals surface area contributed by atoms with E-state index in [1.807, 2.05) is 11.3 Å². The first kappa shape index (κ1) is 23.7. The Labute approximate surface area is 237 Å². The number of anilines is 3. The maximum atomic E-state index is 6.86. The van der Waals surface area contributed by atoms with Crippen LogP contribution in [0.3, 0.4) is 0 Å². The van der Waals surface area contributed by atoms with E-state index in [1.54, 1.807) is 0 Å². The summed E-state index contributed by atoms with van der Waals surface area (Å²) in [6.07, 6.45) is 0. The van der Waals surface area contributed by atoms with Crippen LogP contribution in [-0.2, 0) is 0 Å². The molecule has 0 N–H and O–H groups in total. The van der Waals surface area contributed by atoms with Crippen molar-refractivity contribution < 1.29 is 0 Å². The molecule has 0 atom stereocenters. The molecule has 6 aromatic carbocycles. The lowest BCUT2D eigenvalue weighted by Crippen LogP contribution is -2.09. The van der Waals surface area contributed by atoms with Crippen molar-refractivity contribution >= 4 is 61.5 Å². The van der Waals surface area contributed by atoms with Gasteiger partial charge in [-0.1, -0.05) is 109 Å². The normalized spacial score (nSPS) is 11.2. The highest BCUT2D eigenvalue weighted by Gasteiger charge is 2.16. The van der Waals surface area contributed by atoms with Crippen molar-refractivity contribution in [1.82, 2.24) is 0 Å². The van der Waals surface area contributed by atoms with Gasteiger partial charge in [0.15, 0.2) is 0 Å². The third-order valence-electron chi connectivity index (χ3n) is 7.16. The van der Waals surface area contributed by atoms with E-state index in [0.29, 0.717) is 0 Å². The number of thiophene rings is 1. The van der Waals surface area contributed by atoms with Gasteiger partial charge in [-0.2, -0.15) is 0 Å². The molecule has 0 amide bonds. The minimum absolute atomic E-state index is 0.818. The van der Waals surface area contributed by atoms with Gasteiger partial charge in [-0.3, -0.25) is 0 Å². The number of hydrogen-bond donors (Lipinski definition) is 0. The van der Waals surface area contributed by atoms with Crippen molar-refractivity contribution in [2.45, 2.75) is 0 Å². The molecule has 1 nitrogen and oxygen atoms in total. The highest BCUT2D eigenvalue weighted by Crippen LogP contribution is 2.45. The summed E-state index contributed by atoms with van der Waals surface area (Å²) >= 11 is 8.69. The Morgan fingerprint density at radius 1 is 0.410 bits per heavy atom. The van der Waals surface area contributed by atoms with Crippen molar-refractivity contribution in [3.63, 3.8) is 0 Å². The standard InChI is InChI=1S/C36H24ClNS/c37-36-31-17-9-7-15-29(31)35(30-16-8-10-18-32(30)36)34-24-23-33(39-34)25-19-21-28(22-20-25)38(26-11-3-1-4-12-26)27-13-5-2-6-14-27/h1-24H. The Balaban J connectivity index is 1.30. The van der Waals surface area contributed by atoms with Crippen molar-refractivity contribution in [1.29, 1.82) is 0 Å². The predicted octanol–water partition coefficient (Wildman–Crippen LogP) is 11.5. The molecule has 7 aromatic rings. The van der Waals surface area contributed by atoms with Gasteiger partial charge < -0.3 is 4.90 Å². The molecule has 0 aliphatic rings. The summed E-state index contributed by atoms with van der Waals surface area (Å²) < 4.78 is 0. The lowest BCUT2D eigenvalue weighted by atomic mass is 9.95. The summed E-state index contributed by atoms with van der Waals surface area (Å²) in [6, 6.07) is 51.3. The first-order valence-corrected chi connectivity index (χ1v) is 14.2. The molecule has 7 rings (SSSR count). The van der Waals surface area contributed by atoms with E-state index >= 15 is 0 Å². The van der Waals surface area contributed by atoms with Gasteiger partial charge in [0.1, 0.15) is 0 Å². The Morgan fingerprint density at radius 3 is 1.38 bits per heavy atom. The summed E-state index contributed by atoms with van der Waals surface area (Å²) in [5.74, 6) is 0. The molecule has 1 aromatic heterocycles. The van der Waals surface area contributed by atoms with E-state index in [1.165, 1.54) is 31.7 Å². The lowest BCUT2D eigenvalue weighted by Gasteiger charge is -2.25. The monoisotopic (exact) mass is 537 g/mol. The second-order valence-electron chi connectivity index (χ2n) is 9.50. The quantitative estimate of drug-likeness (QED) is 0.197. The number of benzene rings is 6. The largest absolute Gasteiger partial charge is 0.311 e. The van der Waals surface area contributed by atoms with Crippen LogP contribution in [0.4, 0.5) is 17.1 Å². The third kappa shape index (κ3) is 4.28. The number of hydrogen-bond acceptors (Lipinski definition) is 2. The first-order chi connectivity index (χ1) is 19.3. The van der Waals surface area contributed by atoms with Gasteiger partial charge in [0.25, 0.3) is 0 Å². The molecule has 1 heterocycles. The highest BCUT2D eigenvalue weighted by atomic mass is 35.5. The van der Waals surface area contributed by atoms with Crippen LogP contribution in [0.15, 0.2) is 146 Å². The molecule has 39 heavy (non-hydrogen) atoms. The van der Waals surface area contributed by atoms with Gasteiger partial charge in [0.2, 0.25) is 0 Å². The van der Waals surface area contributed by atoms with Crippen LogP contribution < -0.4 is 4.90 Å². The summed E-state index contributed by atoms with van der Waals surface area (Å²) in [7, 11) is 0. The van der Waals surface area contributed by atoms with Crippen molar-refractivity contribution in [3.8, 4) is 20.9 Å². The summed E-state index contributed by atoms with van der Waals surface area (Å²) in [6.45, 7) is 0. The molecule has 3 heteroatoms. The van der Waals surface area contributed by atoms with E-state index in [4.69, 9.17) is 11.6 Å². The molecular formula is C36H24ClNS. The van der Waals surface area contributed by atoms with Gasteiger partial charge in [-0.05, 0) is 64.9 Å². The van der Waals surface area contributed by atoms with Crippen LogP contribution in [0, 0.1) is 0 Å². The lowest BCUT2D eigenvalue weighted by molar-refractivity contribution is 1.28.